The summed E-state index contributed by atoms with van der Waals surface area (Å²) in [5, 5.41) is 9.53. The van der Waals surface area contributed by atoms with Crippen molar-refractivity contribution in [1.82, 2.24) is 0 Å². The van der Waals surface area contributed by atoms with E-state index in [9.17, 15) is 14.7 Å². The Labute approximate surface area is 283 Å². The van der Waals surface area contributed by atoms with Crippen molar-refractivity contribution < 1.29 is 24.2 Å². The molecule has 0 saturated heterocycles. The van der Waals surface area contributed by atoms with Crippen LogP contribution in [-0.4, -0.2) is 36.4 Å². The first-order chi connectivity index (χ1) is 22.6. The molecule has 0 aliphatic rings. The first-order valence-electron chi connectivity index (χ1n) is 18.5. The molecule has 46 heavy (non-hydrogen) atoms. The van der Waals surface area contributed by atoms with Gasteiger partial charge in [-0.15, -0.1) is 0 Å². The molecule has 1 atom stereocenters. The van der Waals surface area contributed by atoms with Crippen molar-refractivity contribution in [2.24, 2.45) is 0 Å². The van der Waals surface area contributed by atoms with Crippen molar-refractivity contribution in [2.75, 3.05) is 13.2 Å². The molecule has 0 aromatic rings. The number of esters is 2. The Balaban J connectivity index is 3.67. The third-order valence-corrected chi connectivity index (χ3v) is 7.48. The van der Waals surface area contributed by atoms with Gasteiger partial charge in [0.25, 0.3) is 0 Å². The van der Waals surface area contributed by atoms with E-state index >= 15 is 0 Å². The Hall–Kier alpha value is -2.66. The molecule has 0 aromatic carbocycles. The van der Waals surface area contributed by atoms with Crippen molar-refractivity contribution >= 4 is 11.9 Å². The lowest BCUT2D eigenvalue weighted by atomic mass is 10.1. The molecule has 0 bridgehead atoms. The summed E-state index contributed by atoms with van der Waals surface area (Å²) in [5.41, 5.74) is 0. The van der Waals surface area contributed by atoms with Crippen molar-refractivity contribution in [2.45, 2.75) is 161 Å². The molecule has 0 unspecified atom stereocenters. The third kappa shape index (κ3) is 34.2. The van der Waals surface area contributed by atoms with Crippen LogP contribution in [0.5, 0.6) is 0 Å². The topological polar surface area (TPSA) is 72.8 Å². The van der Waals surface area contributed by atoms with Gasteiger partial charge in [0.15, 0.2) is 6.10 Å². The number of unbranched alkanes of at least 4 members (excludes halogenated alkanes) is 12. The van der Waals surface area contributed by atoms with E-state index in [1.165, 1.54) is 51.4 Å². The number of rotatable bonds is 32. The molecule has 0 fully saturated rings. The Morgan fingerprint density at radius 1 is 0.522 bits per heavy atom. The first-order valence-corrected chi connectivity index (χ1v) is 18.5. The van der Waals surface area contributed by atoms with Crippen LogP contribution in [0.4, 0.5) is 0 Å². The number of carbonyl (C=O) groups is 2. The third-order valence-electron chi connectivity index (χ3n) is 7.48. The zero-order valence-electron chi connectivity index (χ0n) is 29.6. The van der Waals surface area contributed by atoms with Crippen LogP contribution in [0.15, 0.2) is 72.9 Å². The second kappa shape index (κ2) is 36.8. The number of ether oxygens (including phenoxy) is 2. The molecule has 0 aliphatic heterocycles. The van der Waals surface area contributed by atoms with Crippen LogP contribution in [0.25, 0.3) is 0 Å². The molecule has 0 heterocycles. The minimum absolute atomic E-state index is 0.0944. The highest BCUT2D eigenvalue weighted by molar-refractivity contribution is 5.70. The fraction of sp³-hybridized carbons (Fsp3) is 0.659. The van der Waals surface area contributed by atoms with Crippen LogP contribution in [0, 0.1) is 0 Å². The van der Waals surface area contributed by atoms with Crippen molar-refractivity contribution in [3.63, 3.8) is 0 Å². The largest absolute Gasteiger partial charge is 0.462 e. The summed E-state index contributed by atoms with van der Waals surface area (Å²) in [6, 6.07) is 0. The predicted octanol–water partition coefficient (Wildman–Crippen LogP) is 11.4. The highest BCUT2D eigenvalue weighted by Crippen LogP contribution is 2.11. The maximum Gasteiger partial charge on any atom is 0.306 e. The monoisotopic (exact) mass is 641 g/mol. The SMILES string of the molecule is CC/C=C/C/C=C/C/C=C/C/C=C/CCCCC(=O)OC[C@H](CO)OC(=O)CCCCCCCCC/C=C/C/C=C/CCCCC. The lowest BCUT2D eigenvalue weighted by molar-refractivity contribution is -0.161. The van der Waals surface area contributed by atoms with E-state index < -0.39 is 6.10 Å². The van der Waals surface area contributed by atoms with E-state index in [1.54, 1.807) is 0 Å². The Morgan fingerprint density at radius 2 is 0.935 bits per heavy atom. The molecular weight excluding hydrogens is 572 g/mol. The highest BCUT2D eigenvalue weighted by Gasteiger charge is 2.16. The van der Waals surface area contributed by atoms with E-state index in [0.717, 1.165) is 77.0 Å². The summed E-state index contributed by atoms with van der Waals surface area (Å²) >= 11 is 0. The average Bonchev–Trinajstić information content (AvgIpc) is 3.06. The molecule has 5 heteroatoms. The maximum absolute atomic E-state index is 12.1. The first kappa shape index (κ1) is 43.3. The standard InChI is InChI=1S/C41H68O5/c1-3-5-7-9-11-13-15-17-19-20-22-24-26-28-30-32-34-36-41(44)46-39(37-42)38-45-40(43)35-33-31-29-27-25-23-21-18-16-14-12-10-8-6-4-2/h6,8,11-14,17-19,21,25,27,39,42H,3-5,7,9-10,15-16,20,22-24,26,28-38H2,1-2H3/b8-6+,13-11+,14-12+,19-17+,21-18+,27-25+/t39-/m0/s1. The second-order valence-corrected chi connectivity index (χ2v) is 11.9. The highest BCUT2D eigenvalue weighted by atomic mass is 16.6. The van der Waals surface area contributed by atoms with Gasteiger partial charge in [-0.25, -0.2) is 0 Å². The van der Waals surface area contributed by atoms with E-state index in [0.29, 0.717) is 12.8 Å². The zero-order chi connectivity index (χ0) is 33.6. The van der Waals surface area contributed by atoms with Gasteiger partial charge in [0.1, 0.15) is 6.61 Å². The molecule has 0 spiro atoms. The van der Waals surface area contributed by atoms with E-state index in [2.05, 4.69) is 86.8 Å². The van der Waals surface area contributed by atoms with Gasteiger partial charge in [-0.1, -0.05) is 132 Å². The van der Waals surface area contributed by atoms with Crippen LogP contribution in [0.2, 0.25) is 0 Å². The maximum atomic E-state index is 12.1. The van der Waals surface area contributed by atoms with E-state index in [-0.39, 0.29) is 25.2 Å². The summed E-state index contributed by atoms with van der Waals surface area (Å²) in [4.78, 5) is 24.2. The quantitative estimate of drug-likeness (QED) is 0.0450. The summed E-state index contributed by atoms with van der Waals surface area (Å²) in [7, 11) is 0. The Kier molecular flexibility index (Phi) is 34.7. The van der Waals surface area contributed by atoms with Crippen LogP contribution in [-0.2, 0) is 19.1 Å². The number of aliphatic hydroxyl groups excluding tert-OH is 1. The second-order valence-electron chi connectivity index (χ2n) is 11.9. The fourth-order valence-electron chi connectivity index (χ4n) is 4.69. The van der Waals surface area contributed by atoms with Gasteiger partial charge in [-0.05, 0) is 83.5 Å². The molecule has 262 valence electrons. The fourth-order valence-corrected chi connectivity index (χ4v) is 4.69. The van der Waals surface area contributed by atoms with Gasteiger partial charge in [-0.3, -0.25) is 9.59 Å². The van der Waals surface area contributed by atoms with E-state index in [4.69, 9.17) is 9.47 Å². The summed E-state index contributed by atoms with van der Waals surface area (Å²) < 4.78 is 10.5. The van der Waals surface area contributed by atoms with Gasteiger partial charge in [-0.2, -0.15) is 0 Å². The van der Waals surface area contributed by atoms with Gasteiger partial charge in [0, 0.05) is 12.8 Å². The van der Waals surface area contributed by atoms with Crippen LogP contribution in [0.1, 0.15) is 155 Å². The van der Waals surface area contributed by atoms with Crippen molar-refractivity contribution in [3.8, 4) is 0 Å². The number of aliphatic hydroxyl groups is 1. The van der Waals surface area contributed by atoms with Gasteiger partial charge in [0.2, 0.25) is 0 Å². The predicted molar refractivity (Wildman–Crippen MR) is 196 cm³/mol. The summed E-state index contributed by atoms with van der Waals surface area (Å²) in [6.45, 7) is 3.93. The lowest BCUT2D eigenvalue weighted by Crippen LogP contribution is -2.28. The molecule has 0 radical (unpaired) electrons. The lowest BCUT2D eigenvalue weighted by Gasteiger charge is -2.15. The van der Waals surface area contributed by atoms with Crippen LogP contribution < -0.4 is 0 Å². The number of hydrogen-bond donors (Lipinski definition) is 1. The average molecular weight is 641 g/mol. The van der Waals surface area contributed by atoms with Gasteiger partial charge >= 0.3 is 11.9 Å². The van der Waals surface area contributed by atoms with Crippen molar-refractivity contribution in [1.29, 1.82) is 0 Å². The number of carbonyl (C=O) groups excluding carboxylic acids is 2. The molecular formula is C41H68O5. The van der Waals surface area contributed by atoms with Crippen molar-refractivity contribution in [3.05, 3.63) is 72.9 Å². The smallest absolute Gasteiger partial charge is 0.306 e. The number of allylic oxidation sites excluding steroid dienone is 12. The Bertz CT molecular complexity index is 864. The van der Waals surface area contributed by atoms with Crippen LogP contribution >= 0.6 is 0 Å². The summed E-state index contributed by atoms with van der Waals surface area (Å²) in [5.74, 6) is -0.656. The minimum atomic E-state index is -0.795. The normalized spacial score (nSPS) is 13.0. The molecule has 0 rings (SSSR count). The zero-order valence-corrected chi connectivity index (χ0v) is 29.6. The molecule has 0 aliphatic carbocycles. The molecule has 0 saturated carbocycles. The van der Waals surface area contributed by atoms with E-state index in [1.807, 2.05) is 0 Å². The Morgan fingerprint density at radius 3 is 1.46 bits per heavy atom. The van der Waals surface area contributed by atoms with Crippen LogP contribution in [0.3, 0.4) is 0 Å². The molecule has 5 nitrogen and oxygen atoms in total. The number of hydrogen-bond acceptors (Lipinski definition) is 5. The molecule has 0 amide bonds. The summed E-state index contributed by atoms with van der Waals surface area (Å²) in [6.07, 6.45) is 48.1. The van der Waals surface area contributed by atoms with Gasteiger partial charge < -0.3 is 14.6 Å². The minimum Gasteiger partial charge on any atom is -0.462 e. The molecule has 1 N–H and O–H groups in total. The van der Waals surface area contributed by atoms with Gasteiger partial charge in [0.05, 0.1) is 6.61 Å². The molecule has 0 aromatic heterocycles.